The van der Waals surface area contributed by atoms with E-state index in [1.165, 1.54) is 0 Å². The van der Waals surface area contributed by atoms with Gasteiger partial charge in [0.25, 0.3) is 0 Å². The highest BCUT2D eigenvalue weighted by Crippen LogP contribution is 2.26. The van der Waals surface area contributed by atoms with E-state index in [0.29, 0.717) is 6.54 Å². The predicted molar refractivity (Wildman–Crippen MR) is 73.5 cm³/mol. The van der Waals surface area contributed by atoms with E-state index in [4.69, 9.17) is 5.73 Å². The molecule has 0 heterocycles. The summed E-state index contributed by atoms with van der Waals surface area (Å²) >= 11 is 0. The Hall–Kier alpha value is -0.320. The van der Waals surface area contributed by atoms with E-state index in [1.54, 1.807) is 0 Å². The summed E-state index contributed by atoms with van der Waals surface area (Å²) < 4.78 is 0. The summed E-state index contributed by atoms with van der Waals surface area (Å²) in [4.78, 5) is 12.0. The van der Waals surface area contributed by atoms with Gasteiger partial charge in [0.2, 0.25) is 5.91 Å². The molecule has 2 rings (SSSR count). The molecule has 0 saturated heterocycles. The standard InChI is InChI=1S/C13H24N2O2.ClH/c14-11-5-1-3-9(7-11)13(17)15-8-10-4-2-6-12(10)16;/h9-12,16H,1-8,14H2,(H,15,17);1H. The molecule has 0 aromatic carbocycles. The topological polar surface area (TPSA) is 75.4 Å². The van der Waals surface area contributed by atoms with Gasteiger partial charge in [-0.25, -0.2) is 0 Å². The fourth-order valence-electron chi connectivity index (χ4n) is 3.10. The monoisotopic (exact) mass is 276 g/mol. The summed E-state index contributed by atoms with van der Waals surface area (Å²) in [5.74, 6) is 0.493. The molecule has 4 unspecified atom stereocenters. The number of aliphatic hydroxyl groups is 1. The van der Waals surface area contributed by atoms with Crippen molar-refractivity contribution in [3.05, 3.63) is 0 Å². The van der Waals surface area contributed by atoms with Crippen LogP contribution in [0.1, 0.15) is 44.9 Å². The fraction of sp³-hybridized carbons (Fsp3) is 0.923. The van der Waals surface area contributed by atoms with Gasteiger partial charge in [0, 0.05) is 24.4 Å². The van der Waals surface area contributed by atoms with E-state index < -0.39 is 0 Å². The third-order valence-electron chi connectivity index (χ3n) is 4.24. The molecule has 0 bridgehead atoms. The second-order valence-electron chi connectivity index (χ2n) is 5.63. The Bertz CT molecular complexity index is 276. The smallest absolute Gasteiger partial charge is 0.223 e. The zero-order chi connectivity index (χ0) is 12.3. The molecule has 4 nitrogen and oxygen atoms in total. The third-order valence-corrected chi connectivity index (χ3v) is 4.24. The van der Waals surface area contributed by atoms with Gasteiger partial charge in [0.15, 0.2) is 0 Å². The summed E-state index contributed by atoms with van der Waals surface area (Å²) in [6, 6.07) is 0.191. The molecule has 2 saturated carbocycles. The highest BCUT2D eigenvalue weighted by Gasteiger charge is 2.28. The normalized spacial score (nSPS) is 35.9. The number of amides is 1. The number of carbonyl (C=O) groups is 1. The molecule has 1 amide bonds. The first-order chi connectivity index (χ1) is 8.16. The first-order valence-corrected chi connectivity index (χ1v) is 6.88. The van der Waals surface area contributed by atoms with Crippen LogP contribution in [-0.4, -0.2) is 29.7 Å². The van der Waals surface area contributed by atoms with Crippen LogP contribution < -0.4 is 11.1 Å². The quantitative estimate of drug-likeness (QED) is 0.725. The van der Waals surface area contributed by atoms with Gasteiger partial charge >= 0.3 is 0 Å². The number of halogens is 1. The molecule has 4 atom stereocenters. The lowest BCUT2D eigenvalue weighted by molar-refractivity contribution is -0.126. The highest BCUT2D eigenvalue weighted by molar-refractivity contribution is 5.85. The summed E-state index contributed by atoms with van der Waals surface area (Å²) in [5.41, 5.74) is 5.88. The van der Waals surface area contributed by atoms with E-state index in [-0.39, 0.29) is 42.3 Å². The number of carbonyl (C=O) groups excluding carboxylic acids is 1. The number of aliphatic hydroxyl groups excluding tert-OH is 1. The number of hydrogen-bond donors (Lipinski definition) is 3. The zero-order valence-electron chi connectivity index (χ0n) is 10.8. The fourth-order valence-corrected chi connectivity index (χ4v) is 3.10. The van der Waals surface area contributed by atoms with Crippen LogP contribution in [0.3, 0.4) is 0 Å². The Morgan fingerprint density at radius 3 is 2.56 bits per heavy atom. The third kappa shape index (κ3) is 4.11. The van der Waals surface area contributed by atoms with E-state index in [1.807, 2.05) is 0 Å². The maximum Gasteiger partial charge on any atom is 0.223 e. The largest absolute Gasteiger partial charge is 0.393 e. The zero-order valence-corrected chi connectivity index (χ0v) is 11.6. The second-order valence-corrected chi connectivity index (χ2v) is 5.63. The molecule has 0 radical (unpaired) electrons. The van der Waals surface area contributed by atoms with Gasteiger partial charge in [0.05, 0.1) is 6.10 Å². The van der Waals surface area contributed by atoms with Crippen LogP contribution in [0.4, 0.5) is 0 Å². The summed E-state index contributed by atoms with van der Waals surface area (Å²) in [7, 11) is 0. The summed E-state index contributed by atoms with van der Waals surface area (Å²) in [6.07, 6.45) is 6.67. The molecule has 0 aliphatic heterocycles. The van der Waals surface area contributed by atoms with Crippen molar-refractivity contribution in [3.8, 4) is 0 Å². The Morgan fingerprint density at radius 1 is 1.22 bits per heavy atom. The molecular weight excluding hydrogens is 252 g/mol. The van der Waals surface area contributed by atoms with Crippen LogP contribution in [0.5, 0.6) is 0 Å². The summed E-state index contributed by atoms with van der Waals surface area (Å²) in [5, 5.41) is 12.7. The second kappa shape index (κ2) is 7.31. The first-order valence-electron chi connectivity index (χ1n) is 6.88. The number of nitrogens with two attached hydrogens (primary N) is 1. The van der Waals surface area contributed by atoms with Crippen molar-refractivity contribution in [2.75, 3.05) is 6.54 Å². The Balaban J connectivity index is 0.00000162. The molecule has 106 valence electrons. The van der Waals surface area contributed by atoms with Crippen LogP contribution in [0.25, 0.3) is 0 Å². The SMILES string of the molecule is Cl.NC1CCCC(C(=O)NCC2CCCC2O)C1. The molecule has 0 spiro atoms. The molecular formula is C13H25ClN2O2. The van der Waals surface area contributed by atoms with Crippen molar-refractivity contribution in [1.29, 1.82) is 0 Å². The lowest BCUT2D eigenvalue weighted by Crippen LogP contribution is -2.40. The number of rotatable bonds is 3. The first kappa shape index (κ1) is 15.7. The Kier molecular flexibility index (Phi) is 6.39. The average Bonchev–Trinajstić information content (AvgIpc) is 2.72. The Labute approximate surface area is 115 Å². The minimum atomic E-state index is -0.219. The van der Waals surface area contributed by atoms with E-state index in [9.17, 15) is 9.90 Å². The van der Waals surface area contributed by atoms with E-state index in [2.05, 4.69) is 5.32 Å². The van der Waals surface area contributed by atoms with Gasteiger partial charge in [-0.3, -0.25) is 4.79 Å². The lowest BCUT2D eigenvalue weighted by Gasteiger charge is -2.26. The van der Waals surface area contributed by atoms with Crippen LogP contribution in [0, 0.1) is 11.8 Å². The van der Waals surface area contributed by atoms with Crippen LogP contribution in [0.15, 0.2) is 0 Å². The molecule has 5 heteroatoms. The molecule has 2 aliphatic rings. The van der Waals surface area contributed by atoms with Crippen molar-refractivity contribution in [1.82, 2.24) is 5.32 Å². The predicted octanol–water partition coefficient (Wildman–Crippen LogP) is 1.20. The van der Waals surface area contributed by atoms with E-state index >= 15 is 0 Å². The molecule has 4 N–H and O–H groups in total. The van der Waals surface area contributed by atoms with Gasteiger partial charge in [0.1, 0.15) is 0 Å². The highest BCUT2D eigenvalue weighted by atomic mass is 35.5. The molecule has 0 aromatic rings. The minimum Gasteiger partial charge on any atom is -0.393 e. The maximum atomic E-state index is 12.0. The van der Waals surface area contributed by atoms with Crippen molar-refractivity contribution >= 4 is 18.3 Å². The van der Waals surface area contributed by atoms with Gasteiger partial charge in [-0.2, -0.15) is 0 Å². The van der Waals surface area contributed by atoms with Crippen molar-refractivity contribution in [2.24, 2.45) is 17.6 Å². The van der Waals surface area contributed by atoms with Gasteiger partial charge in [-0.05, 0) is 32.1 Å². The molecule has 0 aromatic heterocycles. The van der Waals surface area contributed by atoms with Gasteiger partial charge in [-0.1, -0.05) is 12.8 Å². The van der Waals surface area contributed by atoms with Crippen LogP contribution in [-0.2, 0) is 4.79 Å². The summed E-state index contributed by atoms with van der Waals surface area (Å²) in [6.45, 7) is 0.631. The van der Waals surface area contributed by atoms with Gasteiger partial charge in [-0.15, -0.1) is 12.4 Å². The van der Waals surface area contributed by atoms with Gasteiger partial charge < -0.3 is 16.2 Å². The Morgan fingerprint density at radius 2 is 1.94 bits per heavy atom. The minimum absolute atomic E-state index is 0. The number of hydrogen-bond acceptors (Lipinski definition) is 3. The lowest BCUT2D eigenvalue weighted by atomic mass is 9.85. The molecule has 2 fully saturated rings. The van der Waals surface area contributed by atoms with Crippen molar-refractivity contribution in [3.63, 3.8) is 0 Å². The maximum absolute atomic E-state index is 12.0. The number of nitrogens with one attached hydrogen (secondary N) is 1. The average molecular weight is 277 g/mol. The van der Waals surface area contributed by atoms with Crippen molar-refractivity contribution < 1.29 is 9.90 Å². The molecule has 2 aliphatic carbocycles. The van der Waals surface area contributed by atoms with Crippen molar-refractivity contribution in [2.45, 2.75) is 57.1 Å². The van der Waals surface area contributed by atoms with Crippen LogP contribution >= 0.6 is 12.4 Å². The van der Waals surface area contributed by atoms with E-state index in [0.717, 1.165) is 44.9 Å². The van der Waals surface area contributed by atoms with Crippen LogP contribution in [0.2, 0.25) is 0 Å². The molecule has 18 heavy (non-hydrogen) atoms.